The summed E-state index contributed by atoms with van der Waals surface area (Å²) < 4.78 is 2.15. The fraction of sp³-hybridized carbons (Fsp3) is 0.769. The lowest BCUT2D eigenvalue weighted by atomic mass is 10.1. The molecule has 0 aliphatic carbocycles. The Hall–Kier alpha value is -0.330. The lowest BCUT2D eigenvalue weighted by Gasteiger charge is -2.28. The van der Waals surface area contributed by atoms with Gasteiger partial charge >= 0.3 is 0 Å². The summed E-state index contributed by atoms with van der Waals surface area (Å²) in [5, 5.41) is 17.6. The molecule has 0 spiro atoms. The molecular weight excluding hydrogens is 299 g/mol. The molecule has 20 heavy (non-hydrogen) atoms. The Morgan fingerprint density at radius 1 is 1.25 bits per heavy atom. The van der Waals surface area contributed by atoms with Crippen LogP contribution in [0, 0.1) is 0 Å². The van der Waals surface area contributed by atoms with E-state index < -0.39 is 0 Å². The minimum atomic E-state index is -0.0934. The average molecular weight is 323 g/mol. The molecule has 3 heterocycles. The van der Waals surface area contributed by atoms with E-state index >= 15 is 0 Å². The van der Waals surface area contributed by atoms with E-state index in [2.05, 4.69) is 21.0 Å². The van der Waals surface area contributed by atoms with Crippen molar-refractivity contribution in [1.82, 2.24) is 20.0 Å². The summed E-state index contributed by atoms with van der Waals surface area (Å²) >= 11 is 0. The second kappa shape index (κ2) is 8.20. The predicted molar refractivity (Wildman–Crippen MR) is 83.6 cm³/mol. The molecule has 1 aromatic heterocycles. The molecule has 116 valence electrons. The number of likely N-dealkylation sites (tertiary alicyclic amines) is 1. The molecule has 3 rings (SSSR count). The van der Waals surface area contributed by atoms with Gasteiger partial charge in [-0.05, 0) is 31.9 Å². The van der Waals surface area contributed by atoms with E-state index in [0.717, 1.165) is 58.5 Å². The fourth-order valence-electron chi connectivity index (χ4n) is 2.80. The molecule has 2 aliphatic rings. The number of hydrogen-bond donors (Lipinski definition) is 2. The first-order chi connectivity index (χ1) is 8.81. The highest BCUT2D eigenvalue weighted by Crippen LogP contribution is 2.15. The van der Waals surface area contributed by atoms with Gasteiger partial charge < -0.3 is 10.4 Å². The number of aliphatic hydroxyl groups excluding tert-OH is 1. The van der Waals surface area contributed by atoms with Gasteiger partial charge in [0, 0.05) is 32.7 Å². The van der Waals surface area contributed by atoms with Crippen LogP contribution >= 0.6 is 24.8 Å². The van der Waals surface area contributed by atoms with Crippen LogP contribution in [0.25, 0.3) is 0 Å². The van der Waals surface area contributed by atoms with Crippen LogP contribution < -0.4 is 5.32 Å². The molecule has 2 N–H and O–H groups in total. The average Bonchev–Trinajstić information content (AvgIpc) is 2.62. The number of hydrogen-bond acceptors (Lipinski definition) is 4. The van der Waals surface area contributed by atoms with Crippen LogP contribution in [0.4, 0.5) is 0 Å². The highest BCUT2D eigenvalue weighted by Gasteiger charge is 2.18. The van der Waals surface area contributed by atoms with Crippen molar-refractivity contribution in [1.29, 1.82) is 0 Å². The molecule has 0 atom stereocenters. The van der Waals surface area contributed by atoms with E-state index in [9.17, 15) is 5.11 Å². The molecule has 0 amide bonds. The van der Waals surface area contributed by atoms with E-state index in [4.69, 9.17) is 5.10 Å². The third-order valence-electron chi connectivity index (χ3n) is 3.89. The Morgan fingerprint density at radius 2 is 2.00 bits per heavy atom. The summed E-state index contributed by atoms with van der Waals surface area (Å²) in [7, 11) is 0. The first-order valence-electron chi connectivity index (χ1n) is 6.98. The third-order valence-corrected chi connectivity index (χ3v) is 3.89. The van der Waals surface area contributed by atoms with Crippen molar-refractivity contribution < 1.29 is 5.11 Å². The SMILES string of the molecule is Cl.Cl.OC1CCN(Cc2cc3n(n2)CCCNC3)CC1. The summed E-state index contributed by atoms with van der Waals surface area (Å²) in [6.45, 7) is 5.95. The van der Waals surface area contributed by atoms with Crippen LogP contribution in [0.15, 0.2) is 6.07 Å². The van der Waals surface area contributed by atoms with E-state index in [-0.39, 0.29) is 30.9 Å². The Kier molecular flexibility index (Phi) is 7.26. The largest absolute Gasteiger partial charge is 0.393 e. The van der Waals surface area contributed by atoms with Crippen molar-refractivity contribution >= 4 is 24.8 Å². The van der Waals surface area contributed by atoms with Crippen LogP contribution in [0.5, 0.6) is 0 Å². The number of nitrogens with one attached hydrogen (secondary N) is 1. The zero-order valence-electron chi connectivity index (χ0n) is 11.6. The maximum atomic E-state index is 9.50. The third kappa shape index (κ3) is 4.33. The number of piperidine rings is 1. The van der Waals surface area contributed by atoms with Gasteiger partial charge in [0.25, 0.3) is 0 Å². The number of aryl methyl sites for hydroxylation is 1. The molecule has 0 unspecified atom stereocenters. The van der Waals surface area contributed by atoms with E-state index in [1.807, 2.05) is 0 Å². The van der Waals surface area contributed by atoms with Crippen LogP contribution in [-0.2, 0) is 19.6 Å². The van der Waals surface area contributed by atoms with Gasteiger partial charge in [0.2, 0.25) is 0 Å². The lowest BCUT2D eigenvalue weighted by molar-refractivity contribution is 0.0785. The zero-order chi connectivity index (χ0) is 12.4. The maximum Gasteiger partial charge on any atom is 0.0768 e. The summed E-state index contributed by atoms with van der Waals surface area (Å²) in [5.41, 5.74) is 2.48. The van der Waals surface area contributed by atoms with Gasteiger partial charge in [-0.1, -0.05) is 0 Å². The van der Waals surface area contributed by atoms with Crippen LogP contribution in [0.3, 0.4) is 0 Å². The number of halogens is 2. The molecule has 0 bridgehead atoms. The molecule has 0 saturated carbocycles. The van der Waals surface area contributed by atoms with Gasteiger partial charge in [-0.15, -0.1) is 24.8 Å². The Labute approximate surface area is 132 Å². The molecule has 0 aromatic carbocycles. The summed E-state index contributed by atoms with van der Waals surface area (Å²) in [6.07, 6.45) is 2.86. The number of rotatable bonds is 2. The molecule has 1 saturated heterocycles. The molecular formula is C13H24Cl2N4O. The highest BCUT2D eigenvalue weighted by molar-refractivity contribution is 5.85. The van der Waals surface area contributed by atoms with Crippen LogP contribution in [-0.4, -0.2) is 45.5 Å². The first kappa shape index (κ1) is 17.7. The number of nitrogens with zero attached hydrogens (tertiary/aromatic N) is 3. The van der Waals surface area contributed by atoms with Gasteiger partial charge in [0.1, 0.15) is 0 Å². The summed E-state index contributed by atoms with van der Waals surface area (Å²) in [5.74, 6) is 0. The lowest BCUT2D eigenvalue weighted by Crippen LogP contribution is -2.35. The van der Waals surface area contributed by atoms with Crippen LogP contribution in [0.1, 0.15) is 30.7 Å². The Balaban J connectivity index is 0.000001000. The van der Waals surface area contributed by atoms with Crippen molar-refractivity contribution in [3.8, 4) is 0 Å². The van der Waals surface area contributed by atoms with Gasteiger partial charge in [-0.3, -0.25) is 9.58 Å². The minimum absolute atomic E-state index is 0. The minimum Gasteiger partial charge on any atom is -0.393 e. The first-order valence-corrected chi connectivity index (χ1v) is 6.98. The quantitative estimate of drug-likeness (QED) is 0.858. The molecule has 7 heteroatoms. The number of aromatic nitrogens is 2. The second-order valence-electron chi connectivity index (χ2n) is 5.39. The van der Waals surface area contributed by atoms with Crippen molar-refractivity contribution in [2.45, 2.75) is 45.0 Å². The van der Waals surface area contributed by atoms with Crippen molar-refractivity contribution in [3.63, 3.8) is 0 Å². The number of fused-ring (bicyclic) bond motifs is 1. The maximum absolute atomic E-state index is 9.50. The Morgan fingerprint density at radius 3 is 2.75 bits per heavy atom. The smallest absolute Gasteiger partial charge is 0.0768 e. The standard InChI is InChI=1S/C13H22N4O.2ClH/c18-13-2-6-16(7-3-13)10-11-8-12-9-14-4-1-5-17(12)15-11;;/h8,13-14,18H,1-7,9-10H2;2*1H. The molecule has 1 fully saturated rings. The van der Waals surface area contributed by atoms with Gasteiger partial charge in [0.15, 0.2) is 0 Å². The number of aliphatic hydroxyl groups is 1. The van der Waals surface area contributed by atoms with Crippen molar-refractivity contribution in [2.24, 2.45) is 0 Å². The fourth-order valence-corrected chi connectivity index (χ4v) is 2.80. The normalized spacial score (nSPS) is 20.4. The van der Waals surface area contributed by atoms with Crippen molar-refractivity contribution in [3.05, 3.63) is 17.5 Å². The zero-order valence-corrected chi connectivity index (χ0v) is 13.3. The molecule has 1 aromatic rings. The van der Waals surface area contributed by atoms with E-state index in [1.165, 1.54) is 11.4 Å². The van der Waals surface area contributed by atoms with E-state index in [1.54, 1.807) is 0 Å². The van der Waals surface area contributed by atoms with E-state index in [0.29, 0.717) is 0 Å². The van der Waals surface area contributed by atoms with Gasteiger partial charge in [-0.25, -0.2) is 0 Å². The monoisotopic (exact) mass is 322 g/mol. The van der Waals surface area contributed by atoms with Gasteiger partial charge in [0.05, 0.1) is 17.5 Å². The predicted octanol–water partition coefficient (Wildman–Crippen LogP) is 1.18. The Bertz CT molecular complexity index is 382. The topological polar surface area (TPSA) is 53.3 Å². The highest BCUT2D eigenvalue weighted by atomic mass is 35.5. The molecule has 0 radical (unpaired) electrons. The summed E-state index contributed by atoms with van der Waals surface area (Å²) in [4.78, 5) is 2.39. The van der Waals surface area contributed by atoms with Crippen LogP contribution in [0.2, 0.25) is 0 Å². The second-order valence-corrected chi connectivity index (χ2v) is 5.39. The molecule has 5 nitrogen and oxygen atoms in total. The van der Waals surface area contributed by atoms with Gasteiger partial charge in [-0.2, -0.15) is 5.10 Å². The van der Waals surface area contributed by atoms with Crippen molar-refractivity contribution in [2.75, 3.05) is 19.6 Å². The summed E-state index contributed by atoms with van der Waals surface area (Å²) in [6, 6.07) is 2.23. The molecule has 2 aliphatic heterocycles.